The molecule has 13 heteroatoms. The van der Waals surface area contributed by atoms with Gasteiger partial charge in [0.1, 0.15) is 23.9 Å². The van der Waals surface area contributed by atoms with Crippen LogP contribution in [0.15, 0.2) is 4.99 Å². The van der Waals surface area contributed by atoms with Gasteiger partial charge in [0, 0.05) is 51.2 Å². The number of methoxy groups -OCH3 is 1. The van der Waals surface area contributed by atoms with E-state index in [2.05, 4.69) is 9.89 Å². The molecule has 3 saturated heterocycles. The maximum Gasteiger partial charge on any atom is 0.410 e. The fraction of sp³-hybridized carbons (Fsp3) is 0.857. The summed E-state index contributed by atoms with van der Waals surface area (Å²) >= 11 is 0. The molecule has 48 heavy (non-hydrogen) atoms. The molecule has 3 fully saturated rings. The fourth-order valence-corrected chi connectivity index (χ4v) is 8.12. The highest BCUT2D eigenvalue weighted by Crippen LogP contribution is 2.42. The highest BCUT2D eigenvalue weighted by molar-refractivity contribution is 6.00. The standard InChI is InChI=1S/C35H59N3O10/c1-14-25-35(8)29(38(12)33(42)48-35)21(4)26(39)19(2)18-34(7,44-16-15-36-9)30(22(5)27(40)23(6)31(41)46-25)47-32-28(43-13)24(37(10)11)17-20(3)45-32/h15,19-25,28-30,32H,14,16-18H2,1-13H3/b36-15+/t19-,20-,21+,22+,23-,24+,25-,28-,29-,30-,32+,34+,35-/m1/s1. The van der Waals surface area contributed by atoms with E-state index in [-0.39, 0.29) is 31.0 Å². The molecule has 0 unspecified atom stereocenters. The lowest BCUT2D eigenvalue weighted by atomic mass is 9.73. The van der Waals surface area contributed by atoms with Gasteiger partial charge in [0.15, 0.2) is 17.7 Å². The zero-order valence-corrected chi connectivity index (χ0v) is 31.2. The third kappa shape index (κ3) is 7.96. The second-order valence-corrected chi connectivity index (χ2v) is 14.6. The molecule has 3 aliphatic rings. The summed E-state index contributed by atoms with van der Waals surface area (Å²) < 4.78 is 37.5. The zero-order chi connectivity index (χ0) is 36.3. The van der Waals surface area contributed by atoms with E-state index < -0.39 is 83.4 Å². The van der Waals surface area contributed by atoms with Crippen molar-refractivity contribution in [3.63, 3.8) is 0 Å². The fourth-order valence-electron chi connectivity index (χ4n) is 8.12. The van der Waals surface area contributed by atoms with Crippen LogP contribution in [0.25, 0.3) is 0 Å². The minimum Gasteiger partial charge on any atom is -0.458 e. The van der Waals surface area contributed by atoms with Gasteiger partial charge in [-0.15, -0.1) is 0 Å². The number of rotatable bonds is 8. The Morgan fingerprint density at radius 2 is 1.69 bits per heavy atom. The van der Waals surface area contributed by atoms with Crippen LogP contribution in [-0.2, 0) is 42.8 Å². The molecule has 0 N–H and O–H groups in total. The van der Waals surface area contributed by atoms with Crippen LogP contribution in [0.3, 0.4) is 0 Å². The number of hydrogen-bond acceptors (Lipinski definition) is 12. The van der Waals surface area contributed by atoms with Crippen molar-refractivity contribution in [1.29, 1.82) is 0 Å². The minimum atomic E-state index is -1.33. The Kier molecular flexibility index (Phi) is 13.4. The molecule has 13 nitrogen and oxygen atoms in total. The summed E-state index contributed by atoms with van der Waals surface area (Å²) in [5.41, 5.74) is -2.59. The lowest BCUT2D eigenvalue weighted by Crippen LogP contribution is -2.60. The third-order valence-corrected chi connectivity index (χ3v) is 10.7. The molecule has 0 aliphatic carbocycles. The van der Waals surface area contributed by atoms with E-state index in [0.29, 0.717) is 12.8 Å². The van der Waals surface area contributed by atoms with Gasteiger partial charge in [-0.05, 0) is 61.1 Å². The van der Waals surface area contributed by atoms with E-state index in [0.717, 1.165) is 0 Å². The smallest absolute Gasteiger partial charge is 0.410 e. The molecule has 0 radical (unpaired) electrons. The number of ether oxygens (including phenoxy) is 6. The normalized spacial score (nSPS) is 42.1. The first-order valence-electron chi connectivity index (χ1n) is 17.2. The van der Waals surface area contributed by atoms with E-state index in [1.165, 1.54) is 11.8 Å². The highest BCUT2D eigenvalue weighted by Gasteiger charge is 2.59. The van der Waals surface area contributed by atoms with E-state index in [1.807, 2.05) is 41.8 Å². The predicted octanol–water partition coefficient (Wildman–Crippen LogP) is 3.55. The van der Waals surface area contributed by atoms with Crippen LogP contribution in [0.4, 0.5) is 4.79 Å². The third-order valence-electron chi connectivity index (χ3n) is 10.7. The van der Waals surface area contributed by atoms with Crippen molar-refractivity contribution >= 4 is 29.8 Å². The first-order valence-corrected chi connectivity index (χ1v) is 17.2. The van der Waals surface area contributed by atoms with Crippen LogP contribution in [0.5, 0.6) is 0 Å². The predicted molar refractivity (Wildman–Crippen MR) is 179 cm³/mol. The number of esters is 1. The number of carbonyl (C=O) groups is 4. The number of likely N-dealkylation sites (N-methyl/N-ethyl adjacent to an activating group) is 2. The summed E-state index contributed by atoms with van der Waals surface area (Å²) in [7, 11) is 8.74. The van der Waals surface area contributed by atoms with Crippen molar-refractivity contribution in [3.05, 3.63) is 0 Å². The Bertz CT molecular complexity index is 1200. The van der Waals surface area contributed by atoms with Crippen molar-refractivity contribution in [2.24, 2.45) is 28.7 Å². The second kappa shape index (κ2) is 16.1. The van der Waals surface area contributed by atoms with E-state index in [1.54, 1.807) is 48.2 Å². The molecule has 1 amide bonds. The van der Waals surface area contributed by atoms with Gasteiger partial charge in [-0.25, -0.2) is 4.79 Å². The van der Waals surface area contributed by atoms with Crippen molar-refractivity contribution in [2.75, 3.05) is 41.9 Å². The average molecular weight is 682 g/mol. The summed E-state index contributed by atoms with van der Waals surface area (Å²) in [6.45, 7) is 14.2. The first kappa shape index (κ1) is 40.0. The summed E-state index contributed by atoms with van der Waals surface area (Å²) in [5.74, 6) is -4.70. The molecular formula is C35H59N3O10. The molecule has 3 rings (SSSR count). The number of nitrogens with zero attached hydrogens (tertiary/aromatic N) is 3. The van der Waals surface area contributed by atoms with Gasteiger partial charge in [0.05, 0.1) is 30.5 Å². The van der Waals surface area contributed by atoms with Gasteiger partial charge in [0.2, 0.25) is 0 Å². The summed E-state index contributed by atoms with van der Waals surface area (Å²) in [5, 5.41) is 0. The van der Waals surface area contributed by atoms with Crippen LogP contribution in [-0.4, -0.2) is 136 Å². The van der Waals surface area contributed by atoms with Crippen LogP contribution >= 0.6 is 0 Å². The number of hydrogen-bond donors (Lipinski definition) is 0. The highest BCUT2D eigenvalue weighted by atomic mass is 16.7. The SMILES string of the molecule is CC[C@H]1OC(=O)[C@H](C)C(=O)[C@H](C)[C@@H](O[C@@H]2O[C@H](C)C[C@H](N(C)C)[C@H]2OC)[C@@](C)(OC/C=N/C)C[C@@H](C)C(=O)[C@H](C)[C@H]2N(C)C(=O)O[C@]12C. The van der Waals surface area contributed by atoms with E-state index in [9.17, 15) is 19.2 Å². The van der Waals surface area contributed by atoms with Gasteiger partial charge in [-0.2, -0.15) is 0 Å². The molecule has 0 aromatic heterocycles. The van der Waals surface area contributed by atoms with Crippen LogP contribution in [0, 0.1) is 23.7 Å². The molecule has 3 heterocycles. The number of ketones is 2. The number of aliphatic imine (C=N–C) groups is 1. The molecular weight excluding hydrogens is 622 g/mol. The Morgan fingerprint density at radius 3 is 2.25 bits per heavy atom. The van der Waals surface area contributed by atoms with Crippen molar-refractivity contribution < 1.29 is 47.6 Å². The maximum atomic E-state index is 14.3. The lowest BCUT2D eigenvalue weighted by Gasteiger charge is -2.48. The Labute approximate surface area is 286 Å². The first-order chi connectivity index (χ1) is 22.4. The average Bonchev–Trinajstić information content (AvgIpc) is 3.27. The Balaban J connectivity index is 2.19. The van der Waals surface area contributed by atoms with Crippen LogP contribution in [0.1, 0.15) is 74.7 Å². The molecule has 274 valence electrons. The zero-order valence-electron chi connectivity index (χ0n) is 31.2. The molecule has 0 aromatic rings. The number of carbonyl (C=O) groups excluding carboxylic acids is 4. The summed E-state index contributed by atoms with van der Waals surface area (Å²) in [4.78, 5) is 62.9. The minimum absolute atomic E-state index is 0.0449. The molecule has 0 aromatic carbocycles. The number of fused-ring (bicyclic) bond motifs is 1. The largest absolute Gasteiger partial charge is 0.458 e. The summed E-state index contributed by atoms with van der Waals surface area (Å²) in [6, 6.07) is -0.781. The van der Waals surface area contributed by atoms with Gasteiger partial charge < -0.3 is 38.2 Å². The molecule has 0 bridgehead atoms. The Morgan fingerprint density at radius 1 is 1.04 bits per heavy atom. The molecule has 0 spiro atoms. The van der Waals surface area contributed by atoms with E-state index in [4.69, 9.17) is 28.4 Å². The lowest BCUT2D eigenvalue weighted by molar-refractivity contribution is -0.300. The van der Waals surface area contributed by atoms with Gasteiger partial charge in [0.25, 0.3) is 0 Å². The van der Waals surface area contributed by atoms with Crippen LogP contribution < -0.4 is 0 Å². The number of cyclic esters (lactones) is 1. The van der Waals surface area contributed by atoms with Crippen molar-refractivity contribution in [3.8, 4) is 0 Å². The van der Waals surface area contributed by atoms with E-state index >= 15 is 0 Å². The van der Waals surface area contributed by atoms with Gasteiger partial charge in [-0.1, -0.05) is 27.7 Å². The quantitative estimate of drug-likeness (QED) is 0.211. The molecule has 3 aliphatic heterocycles. The summed E-state index contributed by atoms with van der Waals surface area (Å²) in [6.07, 6.45) is -1.32. The number of Topliss-reactive ketones (excluding diaryl/α,β-unsaturated/α-hetero) is 2. The Hall–Kier alpha value is -2.45. The topological polar surface area (TPSA) is 142 Å². The van der Waals surface area contributed by atoms with Crippen LogP contribution in [0.2, 0.25) is 0 Å². The maximum absolute atomic E-state index is 14.3. The monoisotopic (exact) mass is 681 g/mol. The van der Waals surface area contributed by atoms with Crippen molar-refractivity contribution in [2.45, 2.75) is 129 Å². The number of amides is 1. The van der Waals surface area contributed by atoms with Gasteiger partial charge >= 0.3 is 12.1 Å². The van der Waals surface area contributed by atoms with Crippen molar-refractivity contribution in [1.82, 2.24) is 9.80 Å². The van der Waals surface area contributed by atoms with Gasteiger partial charge in [-0.3, -0.25) is 19.4 Å². The molecule has 13 atom stereocenters. The second-order valence-electron chi connectivity index (χ2n) is 14.6. The molecule has 0 saturated carbocycles.